The molecule has 7 heteroatoms. The molecule has 2 aromatic carbocycles. The molecule has 1 unspecified atom stereocenters. The second-order valence-corrected chi connectivity index (χ2v) is 8.44. The monoisotopic (exact) mass is 420 g/mol. The lowest BCUT2D eigenvalue weighted by atomic mass is 9.89. The summed E-state index contributed by atoms with van der Waals surface area (Å²) in [6.45, 7) is 1.19. The number of benzene rings is 2. The number of carbonyl (C=O) groups is 2. The van der Waals surface area contributed by atoms with E-state index < -0.39 is 0 Å². The topological polar surface area (TPSA) is 68.1 Å². The van der Waals surface area contributed by atoms with Gasteiger partial charge < -0.3 is 9.47 Å². The summed E-state index contributed by atoms with van der Waals surface area (Å²) in [5.74, 6) is 0.317. The van der Waals surface area contributed by atoms with Crippen LogP contribution in [0.25, 0.3) is 11.1 Å². The summed E-state index contributed by atoms with van der Waals surface area (Å²) in [5, 5.41) is 8.54. The zero-order chi connectivity index (χ0) is 20.9. The number of hydrogen-bond donors (Lipinski definition) is 0. The Morgan fingerprint density at radius 3 is 2.50 bits per heavy atom. The van der Waals surface area contributed by atoms with Gasteiger partial charge in [-0.2, -0.15) is 0 Å². The summed E-state index contributed by atoms with van der Waals surface area (Å²) < 4.78 is 1.79. The van der Waals surface area contributed by atoms with Crippen LogP contribution in [0.5, 0.6) is 0 Å². The van der Waals surface area contributed by atoms with E-state index in [-0.39, 0.29) is 17.6 Å². The number of Topliss-reactive ketones (excluding diaryl/α,β-unsaturated/α-hetero) is 1. The molecule has 1 aliphatic rings. The lowest BCUT2D eigenvalue weighted by Gasteiger charge is -2.32. The highest BCUT2D eigenvalue weighted by atomic mass is 32.2. The van der Waals surface area contributed by atoms with Gasteiger partial charge in [-0.15, -0.1) is 10.2 Å². The van der Waals surface area contributed by atoms with Crippen LogP contribution in [-0.2, 0) is 11.8 Å². The molecular weight excluding hydrogens is 396 g/mol. The molecule has 6 nitrogen and oxygen atoms in total. The van der Waals surface area contributed by atoms with E-state index in [1.165, 1.54) is 11.8 Å². The fourth-order valence-corrected chi connectivity index (χ4v) is 4.52. The van der Waals surface area contributed by atoms with E-state index in [0.717, 1.165) is 24.0 Å². The lowest BCUT2D eigenvalue weighted by molar-refractivity contribution is -0.129. The van der Waals surface area contributed by atoms with Gasteiger partial charge in [0.05, 0.1) is 5.75 Å². The quantitative estimate of drug-likeness (QED) is 0.449. The van der Waals surface area contributed by atoms with Crippen LogP contribution < -0.4 is 0 Å². The summed E-state index contributed by atoms with van der Waals surface area (Å²) in [4.78, 5) is 27.5. The first kappa shape index (κ1) is 20.3. The largest absolute Gasteiger partial charge is 0.341 e. The van der Waals surface area contributed by atoms with Crippen molar-refractivity contribution in [1.82, 2.24) is 19.7 Å². The number of rotatable bonds is 6. The number of carbonyl (C=O) groups excluding carboxylic acids is 2. The second kappa shape index (κ2) is 9.26. The molecule has 154 valence electrons. The maximum absolute atomic E-state index is 13.0. The van der Waals surface area contributed by atoms with Crippen LogP contribution in [0, 0.1) is 5.92 Å². The summed E-state index contributed by atoms with van der Waals surface area (Å²) in [7, 11) is 1.85. The number of nitrogens with zero attached hydrogens (tertiary/aromatic N) is 4. The summed E-state index contributed by atoms with van der Waals surface area (Å²) in [6.07, 6.45) is 3.28. The van der Waals surface area contributed by atoms with Crippen molar-refractivity contribution in [2.45, 2.75) is 18.0 Å². The predicted octanol–water partition coefficient (Wildman–Crippen LogP) is 3.70. The van der Waals surface area contributed by atoms with E-state index in [4.69, 9.17) is 0 Å². The van der Waals surface area contributed by atoms with Crippen molar-refractivity contribution in [3.05, 3.63) is 66.5 Å². The number of aryl methyl sites for hydroxylation is 1. The minimum absolute atomic E-state index is 0.0416. The van der Waals surface area contributed by atoms with Crippen LogP contribution >= 0.6 is 11.8 Å². The zero-order valence-electron chi connectivity index (χ0n) is 16.9. The Morgan fingerprint density at radius 2 is 1.80 bits per heavy atom. The maximum Gasteiger partial charge on any atom is 0.233 e. The van der Waals surface area contributed by atoms with Crippen molar-refractivity contribution in [3.8, 4) is 11.1 Å². The SMILES string of the molecule is Cn1cnnc1SCC(=O)N1CCCC(C(=O)c2ccc(-c3ccccc3)cc2)C1. The molecule has 1 aliphatic heterocycles. The standard InChI is InChI=1S/C23H24N4O2S/c1-26-16-24-25-23(26)30-15-21(28)27-13-5-8-20(14-27)22(29)19-11-9-18(10-12-19)17-6-3-2-4-7-17/h2-4,6-7,9-12,16,20H,5,8,13-15H2,1H3. The Labute approximate surface area is 180 Å². The first-order valence-corrected chi connectivity index (χ1v) is 11.0. The van der Waals surface area contributed by atoms with Crippen molar-refractivity contribution in [3.63, 3.8) is 0 Å². The average molecular weight is 421 g/mol. The van der Waals surface area contributed by atoms with Crippen LogP contribution in [0.3, 0.4) is 0 Å². The second-order valence-electron chi connectivity index (χ2n) is 7.50. The summed E-state index contributed by atoms with van der Waals surface area (Å²) >= 11 is 1.37. The molecule has 30 heavy (non-hydrogen) atoms. The first-order chi connectivity index (χ1) is 14.6. The molecule has 2 heterocycles. The molecule has 1 fully saturated rings. The predicted molar refractivity (Wildman–Crippen MR) is 117 cm³/mol. The third-order valence-corrected chi connectivity index (χ3v) is 6.44. The van der Waals surface area contributed by atoms with E-state index in [1.807, 2.05) is 54.4 Å². The molecule has 0 N–H and O–H groups in total. The molecule has 3 aromatic rings. The van der Waals surface area contributed by atoms with Gasteiger partial charge in [-0.1, -0.05) is 66.4 Å². The fraction of sp³-hybridized carbons (Fsp3) is 0.304. The summed E-state index contributed by atoms with van der Waals surface area (Å²) in [5.41, 5.74) is 2.93. The van der Waals surface area contributed by atoms with Gasteiger partial charge >= 0.3 is 0 Å². The number of hydrogen-bond acceptors (Lipinski definition) is 5. The molecule has 0 aliphatic carbocycles. The molecule has 4 rings (SSSR count). The minimum Gasteiger partial charge on any atom is -0.341 e. The van der Waals surface area contributed by atoms with Crippen LogP contribution in [0.2, 0.25) is 0 Å². The van der Waals surface area contributed by atoms with E-state index in [1.54, 1.807) is 10.9 Å². The minimum atomic E-state index is -0.148. The van der Waals surface area contributed by atoms with Crippen molar-refractivity contribution >= 4 is 23.5 Å². The number of thioether (sulfide) groups is 1. The molecule has 0 radical (unpaired) electrons. The smallest absolute Gasteiger partial charge is 0.233 e. The molecule has 0 saturated carbocycles. The average Bonchev–Trinajstić information content (AvgIpc) is 3.22. The van der Waals surface area contributed by atoms with E-state index >= 15 is 0 Å². The fourth-order valence-electron chi connectivity index (χ4n) is 3.73. The highest BCUT2D eigenvalue weighted by Gasteiger charge is 2.29. The van der Waals surface area contributed by atoms with Gasteiger partial charge in [0.25, 0.3) is 0 Å². The van der Waals surface area contributed by atoms with Gasteiger partial charge in [-0.3, -0.25) is 9.59 Å². The number of likely N-dealkylation sites (tertiary alicyclic amines) is 1. The first-order valence-electron chi connectivity index (χ1n) is 10.1. The maximum atomic E-state index is 13.0. The van der Waals surface area contributed by atoms with Crippen LogP contribution in [0.4, 0.5) is 0 Å². The zero-order valence-corrected chi connectivity index (χ0v) is 17.7. The lowest BCUT2D eigenvalue weighted by Crippen LogP contribution is -2.43. The van der Waals surface area contributed by atoms with Crippen molar-refractivity contribution in [1.29, 1.82) is 0 Å². The van der Waals surface area contributed by atoms with Gasteiger partial charge in [0.1, 0.15) is 6.33 Å². The number of aromatic nitrogens is 3. The molecule has 0 bridgehead atoms. The van der Waals surface area contributed by atoms with Gasteiger partial charge in [-0.25, -0.2) is 0 Å². The molecular formula is C23H24N4O2S. The number of ketones is 1. The molecule has 1 amide bonds. The third kappa shape index (κ3) is 4.62. The Kier molecular flexibility index (Phi) is 6.28. The third-order valence-electron chi connectivity index (χ3n) is 5.42. The van der Waals surface area contributed by atoms with Crippen molar-refractivity contribution in [2.24, 2.45) is 13.0 Å². The van der Waals surface area contributed by atoms with E-state index in [0.29, 0.717) is 29.6 Å². The van der Waals surface area contributed by atoms with Gasteiger partial charge in [0.2, 0.25) is 5.91 Å². The molecule has 1 aromatic heterocycles. The van der Waals surface area contributed by atoms with Gasteiger partial charge in [0.15, 0.2) is 10.9 Å². The van der Waals surface area contributed by atoms with E-state index in [9.17, 15) is 9.59 Å². The van der Waals surface area contributed by atoms with E-state index in [2.05, 4.69) is 22.3 Å². The van der Waals surface area contributed by atoms with Crippen LogP contribution in [0.15, 0.2) is 66.1 Å². The number of piperidine rings is 1. The number of amides is 1. The van der Waals surface area contributed by atoms with Gasteiger partial charge in [-0.05, 0) is 24.0 Å². The van der Waals surface area contributed by atoms with Crippen molar-refractivity contribution < 1.29 is 9.59 Å². The highest BCUT2D eigenvalue weighted by molar-refractivity contribution is 7.99. The van der Waals surface area contributed by atoms with Crippen LogP contribution in [-0.4, -0.2) is 50.2 Å². The highest BCUT2D eigenvalue weighted by Crippen LogP contribution is 2.25. The van der Waals surface area contributed by atoms with Crippen molar-refractivity contribution in [2.75, 3.05) is 18.8 Å². The molecule has 0 spiro atoms. The molecule has 1 atom stereocenters. The summed E-state index contributed by atoms with van der Waals surface area (Å²) in [6, 6.07) is 17.9. The Bertz CT molecular complexity index is 1020. The van der Waals surface area contributed by atoms with Gasteiger partial charge in [0, 0.05) is 31.6 Å². The Balaban J connectivity index is 1.37. The van der Waals surface area contributed by atoms with Crippen LogP contribution in [0.1, 0.15) is 23.2 Å². The molecule has 1 saturated heterocycles. The normalized spacial score (nSPS) is 16.4. The Hall–Kier alpha value is -2.93. The Morgan fingerprint density at radius 1 is 1.07 bits per heavy atom.